The Morgan fingerprint density at radius 1 is 1.25 bits per heavy atom. The maximum atomic E-state index is 13.4. The lowest BCUT2D eigenvalue weighted by Crippen LogP contribution is -2.33. The number of rotatable bonds is 3. The van der Waals surface area contributed by atoms with Crippen LogP contribution in [0.4, 0.5) is 14.5 Å². The minimum absolute atomic E-state index is 0.333. The van der Waals surface area contributed by atoms with Crippen LogP contribution in [-0.4, -0.2) is 24.9 Å². The molecule has 0 N–H and O–H groups in total. The van der Waals surface area contributed by atoms with E-state index in [9.17, 15) is 13.6 Å². The molecule has 3 rings (SSSR count). The summed E-state index contributed by atoms with van der Waals surface area (Å²) in [6.45, 7) is 3.19. The van der Waals surface area contributed by atoms with Gasteiger partial charge >= 0.3 is 5.97 Å². The molecular formula is C18H17F2NO2S. The first-order chi connectivity index (χ1) is 11.5. The van der Waals surface area contributed by atoms with Gasteiger partial charge in [0.2, 0.25) is 0 Å². The van der Waals surface area contributed by atoms with Crippen molar-refractivity contribution in [1.29, 1.82) is 0 Å². The van der Waals surface area contributed by atoms with Gasteiger partial charge in [-0.05, 0) is 35.9 Å². The normalized spacial score (nSPS) is 16.7. The predicted octanol–water partition coefficient (Wildman–Crippen LogP) is 4.25. The number of carbonyl (C=O) groups excluding carboxylic acids is 1. The zero-order valence-corrected chi connectivity index (χ0v) is 14.2. The number of halogens is 2. The smallest absolute Gasteiger partial charge is 0.337 e. The van der Waals surface area contributed by atoms with Crippen LogP contribution >= 0.6 is 11.8 Å². The Balaban J connectivity index is 1.95. The molecule has 126 valence electrons. The number of ether oxygens (including phenoxy) is 1. The summed E-state index contributed by atoms with van der Waals surface area (Å²) in [5.74, 6) is -1.58. The van der Waals surface area contributed by atoms with E-state index in [1.807, 2.05) is 11.0 Å². The maximum Gasteiger partial charge on any atom is 0.337 e. The number of fused-ring (bicyclic) bond motifs is 1. The van der Waals surface area contributed by atoms with Crippen molar-refractivity contribution in [2.45, 2.75) is 23.6 Å². The van der Waals surface area contributed by atoms with Gasteiger partial charge in [-0.15, -0.1) is 11.8 Å². The van der Waals surface area contributed by atoms with Crippen LogP contribution in [0.15, 0.2) is 41.3 Å². The van der Waals surface area contributed by atoms with Gasteiger partial charge in [0.15, 0.2) is 0 Å². The van der Waals surface area contributed by atoms with Crippen LogP contribution in [-0.2, 0) is 11.3 Å². The van der Waals surface area contributed by atoms with Crippen LogP contribution < -0.4 is 4.90 Å². The summed E-state index contributed by atoms with van der Waals surface area (Å²) in [5.41, 5.74) is 1.90. The van der Waals surface area contributed by atoms with Crippen LogP contribution in [0.2, 0.25) is 0 Å². The number of benzene rings is 2. The topological polar surface area (TPSA) is 29.5 Å². The molecule has 6 heteroatoms. The quantitative estimate of drug-likeness (QED) is 0.775. The molecule has 0 bridgehead atoms. The number of esters is 1. The van der Waals surface area contributed by atoms with Crippen molar-refractivity contribution < 1.29 is 18.3 Å². The van der Waals surface area contributed by atoms with Gasteiger partial charge in [-0.1, -0.05) is 6.92 Å². The van der Waals surface area contributed by atoms with Gasteiger partial charge in [-0.3, -0.25) is 0 Å². The first-order valence-corrected chi connectivity index (χ1v) is 8.43. The third kappa shape index (κ3) is 3.53. The van der Waals surface area contributed by atoms with Gasteiger partial charge in [0, 0.05) is 29.3 Å². The molecule has 2 aromatic rings. The Kier molecular flexibility index (Phi) is 4.76. The fourth-order valence-electron chi connectivity index (χ4n) is 2.84. The molecule has 0 aromatic heterocycles. The van der Waals surface area contributed by atoms with E-state index in [4.69, 9.17) is 4.74 Å². The van der Waals surface area contributed by atoms with Crippen molar-refractivity contribution in [2.24, 2.45) is 0 Å². The van der Waals surface area contributed by atoms with Gasteiger partial charge in [-0.25, -0.2) is 13.6 Å². The summed E-state index contributed by atoms with van der Waals surface area (Å²) in [4.78, 5) is 14.9. The second-order valence-electron chi connectivity index (χ2n) is 5.76. The molecule has 1 heterocycles. The van der Waals surface area contributed by atoms with Crippen molar-refractivity contribution >= 4 is 23.4 Å². The molecule has 2 aromatic carbocycles. The van der Waals surface area contributed by atoms with Gasteiger partial charge in [-0.2, -0.15) is 0 Å². The molecule has 0 radical (unpaired) electrons. The first-order valence-electron chi connectivity index (χ1n) is 7.55. The Labute approximate surface area is 143 Å². The average molecular weight is 349 g/mol. The average Bonchev–Trinajstić information content (AvgIpc) is 2.52. The summed E-state index contributed by atoms with van der Waals surface area (Å²) in [6.07, 6.45) is 0. The molecule has 1 atom stereocenters. The van der Waals surface area contributed by atoms with Crippen molar-refractivity contribution in [3.05, 3.63) is 59.2 Å². The van der Waals surface area contributed by atoms with E-state index in [1.54, 1.807) is 23.9 Å². The minimum Gasteiger partial charge on any atom is -0.465 e. The standard InChI is InChI=1S/C18H17F2NO2S/c1-11-9-21(10-12-5-14(19)8-15(20)6-12)16-7-13(18(22)23-2)3-4-17(16)24-11/h3-8,11H,9-10H2,1-2H3. The number of anilines is 1. The Morgan fingerprint density at radius 3 is 2.62 bits per heavy atom. The van der Waals surface area contributed by atoms with E-state index < -0.39 is 17.6 Å². The molecule has 0 fully saturated rings. The molecule has 1 aliphatic heterocycles. The number of thioether (sulfide) groups is 1. The number of carbonyl (C=O) groups is 1. The van der Waals surface area contributed by atoms with Crippen LogP contribution in [0, 0.1) is 11.6 Å². The van der Waals surface area contributed by atoms with E-state index in [2.05, 4.69) is 6.92 Å². The SMILES string of the molecule is COC(=O)c1ccc2c(c1)N(Cc1cc(F)cc(F)c1)CC(C)S2. The summed E-state index contributed by atoms with van der Waals surface area (Å²) in [7, 11) is 1.34. The highest BCUT2D eigenvalue weighted by Gasteiger charge is 2.24. The van der Waals surface area contributed by atoms with Crippen LogP contribution in [0.25, 0.3) is 0 Å². The van der Waals surface area contributed by atoms with Gasteiger partial charge in [0.25, 0.3) is 0 Å². The van der Waals surface area contributed by atoms with E-state index in [0.717, 1.165) is 23.2 Å². The minimum atomic E-state index is -0.590. The van der Waals surface area contributed by atoms with Crippen molar-refractivity contribution in [3.8, 4) is 0 Å². The fourth-order valence-corrected chi connectivity index (χ4v) is 3.99. The lowest BCUT2D eigenvalue weighted by molar-refractivity contribution is 0.0600. The largest absolute Gasteiger partial charge is 0.465 e. The van der Waals surface area contributed by atoms with Crippen molar-refractivity contribution in [2.75, 3.05) is 18.6 Å². The highest BCUT2D eigenvalue weighted by atomic mass is 32.2. The van der Waals surface area contributed by atoms with Crippen molar-refractivity contribution in [1.82, 2.24) is 0 Å². The summed E-state index contributed by atoms with van der Waals surface area (Å²) >= 11 is 1.72. The zero-order valence-electron chi connectivity index (χ0n) is 13.4. The maximum absolute atomic E-state index is 13.4. The molecule has 1 aliphatic rings. The molecule has 24 heavy (non-hydrogen) atoms. The molecule has 0 spiro atoms. The number of hydrogen-bond acceptors (Lipinski definition) is 4. The highest BCUT2D eigenvalue weighted by Crippen LogP contribution is 2.39. The lowest BCUT2D eigenvalue weighted by atomic mass is 10.1. The molecule has 1 unspecified atom stereocenters. The Morgan fingerprint density at radius 2 is 1.96 bits per heavy atom. The Hall–Kier alpha value is -2.08. The third-order valence-corrected chi connectivity index (χ3v) is 4.97. The van der Waals surface area contributed by atoms with Crippen LogP contribution in [0.5, 0.6) is 0 Å². The second-order valence-corrected chi connectivity index (χ2v) is 7.24. The monoisotopic (exact) mass is 349 g/mol. The number of methoxy groups -OCH3 is 1. The summed E-state index contributed by atoms with van der Waals surface area (Å²) in [5, 5.41) is 0.333. The molecule has 0 aliphatic carbocycles. The van der Waals surface area contributed by atoms with Crippen molar-refractivity contribution in [3.63, 3.8) is 0 Å². The zero-order chi connectivity index (χ0) is 17.3. The fraction of sp³-hybridized carbons (Fsp3) is 0.278. The summed E-state index contributed by atoms with van der Waals surface area (Å²) < 4.78 is 31.7. The van der Waals surface area contributed by atoms with E-state index >= 15 is 0 Å². The molecule has 0 saturated carbocycles. The highest BCUT2D eigenvalue weighted by molar-refractivity contribution is 8.00. The molecule has 0 saturated heterocycles. The summed E-state index contributed by atoms with van der Waals surface area (Å²) in [6, 6.07) is 8.92. The second kappa shape index (κ2) is 6.81. The lowest BCUT2D eigenvalue weighted by Gasteiger charge is -2.34. The van der Waals surface area contributed by atoms with E-state index in [0.29, 0.717) is 22.9 Å². The van der Waals surface area contributed by atoms with Gasteiger partial charge < -0.3 is 9.64 Å². The van der Waals surface area contributed by atoms with Gasteiger partial charge in [0.05, 0.1) is 18.4 Å². The van der Waals surface area contributed by atoms with E-state index in [-0.39, 0.29) is 0 Å². The predicted molar refractivity (Wildman–Crippen MR) is 90.5 cm³/mol. The first kappa shape index (κ1) is 16.8. The van der Waals surface area contributed by atoms with Crippen LogP contribution in [0.3, 0.4) is 0 Å². The van der Waals surface area contributed by atoms with E-state index in [1.165, 1.54) is 19.2 Å². The third-order valence-electron chi connectivity index (χ3n) is 3.82. The Bertz CT molecular complexity index is 761. The number of nitrogens with zero attached hydrogens (tertiary/aromatic N) is 1. The van der Waals surface area contributed by atoms with Crippen LogP contribution in [0.1, 0.15) is 22.8 Å². The number of hydrogen-bond donors (Lipinski definition) is 0. The van der Waals surface area contributed by atoms with Gasteiger partial charge in [0.1, 0.15) is 11.6 Å². The molecular weight excluding hydrogens is 332 g/mol. The molecule has 3 nitrogen and oxygen atoms in total. The molecule has 0 amide bonds.